The lowest BCUT2D eigenvalue weighted by Crippen LogP contribution is -2.42. The Hall–Kier alpha value is -1.24. The maximum absolute atomic E-state index is 9.93. The molecule has 0 amide bonds. The van der Waals surface area contributed by atoms with Gasteiger partial charge < -0.3 is 14.5 Å². The molecule has 114 valence electrons. The van der Waals surface area contributed by atoms with Crippen LogP contribution in [-0.2, 0) is 6.42 Å². The minimum absolute atomic E-state index is 0.474. The molecule has 0 unspecified atom stereocenters. The topological polar surface area (TPSA) is 62.4 Å². The Balaban J connectivity index is 1.44. The van der Waals surface area contributed by atoms with Crippen molar-refractivity contribution in [2.24, 2.45) is 0 Å². The second-order valence-corrected chi connectivity index (χ2v) is 6.88. The molecule has 5 nitrogen and oxygen atoms in total. The van der Waals surface area contributed by atoms with E-state index in [2.05, 4.69) is 15.0 Å². The first kappa shape index (κ1) is 14.7. The van der Waals surface area contributed by atoms with Crippen molar-refractivity contribution in [2.45, 2.75) is 38.2 Å². The third kappa shape index (κ3) is 3.90. The number of piperidine rings is 1. The summed E-state index contributed by atoms with van der Waals surface area (Å²) >= 11 is 1.62. The molecule has 6 heteroatoms. The Morgan fingerprint density at radius 1 is 1.43 bits per heavy atom. The van der Waals surface area contributed by atoms with Crippen molar-refractivity contribution in [1.29, 1.82) is 0 Å². The van der Waals surface area contributed by atoms with E-state index < -0.39 is 5.60 Å². The lowest BCUT2D eigenvalue weighted by Gasteiger charge is -2.35. The van der Waals surface area contributed by atoms with Gasteiger partial charge in [0.1, 0.15) is 0 Å². The lowest BCUT2D eigenvalue weighted by atomic mass is 9.94. The smallest absolute Gasteiger partial charge is 0.227 e. The molecule has 0 saturated carbocycles. The van der Waals surface area contributed by atoms with E-state index in [1.807, 2.05) is 24.4 Å². The summed E-state index contributed by atoms with van der Waals surface area (Å²) in [5.41, 5.74) is -0.474. The van der Waals surface area contributed by atoms with Crippen LogP contribution in [0.5, 0.6) is 0 Å². The average Bonchev–Trinajstić information content (AvgIpc) is 3.11. The molecule has 21 heavy (non-hydrogen) atoms. The van der Waals surface area contributed by atoms with Crippen LogP contribution < -0.4 is 0 Å². The zero-order valence-corrected chi connectivity index (χ0v) is 13.1. The molecule has 2 aromatic rings. The van der Waals surface area contributed by atoms with E-state index in [-0.39, 0.29) is 0 Å². The SMILES string of the molecule is CC1(O)CCN(CCCc2nc(-c3cccs3)no2)CC1. The molecule has 3 rings (SSSR count). The summed E-state index contributed by atoms with van der Waals surface area (Å²) in [6, 6.07) is 3.99. The largest absolute Gasteiger partial charge is 0.390 e. The number of aryl methyl sites for hydroxylation is 1. The van der Waals surface area contributed by atoms with Crippen LogP contribution in [-0.4, -0.2) is 45.4 Å². The van der Waals surface area contributed by atoms with Crippen LogP contribution in [0.25, 0.3) is 10.7 Å². The van der Waals surface area contributed by atoms with Gasteiger partial charge in [-0.1, -0.05) is 11.2 Å². The minimum Gasteiger partial charge on any atom is -0.390 e. The fourth-order valence-corrected chi connectivity index (χ4v) is 3.22. The van der Waals surface area contributed by atoms with E-state index in [4.69, 9.17) is 4.52 Å². The van der Waals surface area contributed by atoms with E-state index in [1.54, 1.807) is 11.3 Å². The molecule has 3 heterocycles. The highest BCUT2D eigenvalue weighted by Crippen LogP contribution is 2.22. The summed E-state index contributed by atoms with van der Waals surface area (Å²) < 4.78 is 5.30. The molecule has 1 saturated heterocycles. The zero-order chi connectivity index (χ0) is 14.7. The summed E-state index contributed by atoms with van der Waals surface area (Å²) in [5, 5.41) is 16.0. The second-order valence-electron chi connectivity index (χ2n) is 5.93. The molecule has 0 atom stereocenters. The Labute approximate surface area is 128 Å². The number of hydrogen-bond donors (Lipinski definition) is 1. The average molecular weight is 307 g/mol. The molecular weight excluding hydrogens is 286 g/mol. The fourth-order valence-electron chi connectivity index (χ4n) is 2.57. The van der Waals surface area contributed by atoms with Gasteiger partial charge in [-0.3, -0.25) is 0 Å². The zero-order valence-electron chi connectivity index (χ0n) is 12.3. The molecule has 1 fully saturated rings. The molecule has 2 aromatic heterocycles. The van der Waals surface area contributed by atoms with E-state index in [0.29, 0.717) is 11.7 Å². The number of aliphatic hydroxyl groups is 1. The summed E-state index contributed by atoms with van der Waals surface area (Å²) in [7, 11) is 0. The van der Waals surface area contributed by atoms with Gasteiger partial charge >= 0.3 is 0 Å². The number of hydrogen-bond acceptors (Lipinski definition) is 6. The standard InChI is InChI=1S/C15H21N3O2S/c1-15(19)6-9-18(10-7-15)8-2-5-13-16-14(17-20-13)12-4-3-11-21-12/h3-4,11,19H,2,5-10H2,1H3. The molecule has 0 aliphatic carbocycles. The monoisotopic (exact) mass is 307 g/mol. The third-order valence-electron chi connectivity index (χ3n) is 4.01. The van der Waals surface area contributed by atoms with Gasteiger partial charge in [-0.15, -0.1) is 11.3 Å². The molecule has 0 radical (unpaired) electrons. The number of thiophene rings is 1. The van der Waals surface area contributed by atoms with E-state index in [0.717, 1.165) is 50.2 Å². The van der Waals surface area contributed by atoms with E-state index in [9.17, 15) is 5.11 Å². The van der Waals surface area contributed by atoms with Crippen molar-refractivity contribution in [3.05, 3.63) is 23.4 Å². The number of rotatable bonds is 5. The van der Waals surface area contributed by atoms with Crippen molar-refractivity contribution >= 4 is 11.3 Å². The first-order chi connectivity index (χ1) is 10.1. The van der Waals surface area contributed by atoms with Gasteiger partial charge in [-0.25, -0.2) is 0 Å². The molecule has 1 aliphatic rings. The van der Waals surface area contributed by atoms with Gasteiger partial charge in [0, 0.05) is 19.5 Å². The summed E-state index contributed by atoms with van der Waals surface area (Å²) in [6.45, 7) is 4.89. The summed E-state index contributed by atoms with van der Waals surface area (Å²) in [4.78, 5) is 7.87. The first-order valence-electron chi connectivity index (χ1n) is 7.44. The van der Waals surface area contributed by atoms with Crippen LogP contribution in [0.4, 0.5) is 0 Å². The molecule has 1 N–H and O–H groups in total. The maximum atomic E-state index is 9.93. The van der Waals surface area contributed by atoms with Crippen molar-refractivity contribution in [1.82, 2.24) is 15.0 Å². The van der Waals surface area contributed by atoms with Crippen molar-refractivity contribution in [3.63, 3.8) is 0 Å². The van der Waals surface area contributed by atoms with Crippen LogP contribution in [0.2, 0.25) is 0 Å². The highest BCUT2D eigenvalue weighted by atomic mass is 32.1. The third-order valence-corrected chi connectivity index (χ3v) is 4.87. The Bertz CT molecular complexity index is 555. The van der Waals surface area contributed by atoms with Gasteiger partial charge in [0.15, 0.2) is 0 Å². The van der Waals surface area contributed by atoms with Crippen LogP contribution >= 0.6 is 11.3 Å². The Kier molecular flexibility index (Phi) is 4.37. The highest BCUT2D eigenvalue weighted by molar-refractivity contribution is 7.13. The number of nitrogens with zero attached hydrogens (tertiary/aromatic N) is 3. The first-order valence-corrected chi connectivity index (χ1v) is 8.32. The van der Waals surface area contributed by atoms with Crippen LogP contribution in [0.3, 0.4) is 0 Å². The number of aromatic nitrogens is 2. The van der Waals surface area contributed by atoms with Crippen molar-refractivity contribution < 1.29 is 9.63 Å². The van der Waals surface area contributed by atoms with Crippen molar-refractivity contribution in [3.8, 4) is 10.7 Å². The predicted molar refractivity (Wildman–Crippen MR) is 82.2 cm³/mol. The summed E-state index contributed by atoms with van der Waals surface area (Å²) in [5.74, 6) is 1.40. The highest BCUT2D eigenvalue weighted by Gasteiger charge is 2.26. The van der Waals surface area contributed by atoms with Gasteiger partial charge in [0.25, 0.3) is 0 Å². The number of likely N-dealkylation sites (tertiary alicyclic amines) is 1. The van der Waals surface area contributed by atoms with E-state index >= 15 is 0 Å². The van der Waals surface area contributed by atoms with Crippen molar-refractivity contribution in [2.75, 3.05) is 19.6 Å². The molecule has 0 aromatic carbocycles. The lowest BCUT2D eigenvalue weighted by molar-refractivity contribution is -0.00549. The molecule has 1 aliphatic heterocycles. The second kappa shape index (κ2) is 6.25. The van der Waals surface area contributed by atoms with Crippen LogP contribution in [0.1, 0.15) is 32.1 Å². The van der Waals surface area contributed by atoms with Crippen LogP contribution in [0, 0.1) is 0 Å². The minimum atomic E-state index is -0.474. The molecule has 0 bridgehead atoms. The quantitative estimate of drug-likeness (QED) is 0.920. The normalized spacial score (nSPS) is 19.0. The van der Waals surface area contributed by atoms with Crippen LogP contribution in [0.15, 0.2) is 22.0 Å². The van der Waals surface area contributed by atoms with Gasteiger partial charge in [-0.05, 0) is 44.2 Å². The van der Waals surface area contributed by atoms with Gasteiger partial charge in [0.05, 0.1) is 10.5 Å². The predicted octanol–water partition coefficient (Wildman–Crippen LogP) is 2.58. The van der Waals surface area contributed by atoms with Gasteiger partial charge in [0.2, 0.25) is 11.7 Å². The molecule has 0 spiro atoms. The van der Waals surface area contributed by atoms with Gasteiger partial charge in [-0.2, -0.15) is 4.98 Å². The van der Waals surface area contributed by atoms with E-state index in [1.165, 1.54) is 0 Å². The fraction of sp³-hybridized carbons (Fsp3) is 0.600. The summed E-state index contributed by atoms with van der Waals surface area (Å²) in [6.07, 6.45) is 3.53. The Morgan fingerprint density at radius 2 is 2.24 bits per heavy atom. The molecular formula is C15H21N3O2S. The maximum Gasteiger partial charge on any atom is 0.227 e. The Morgan fingerprint density at radius 3 is 2.95 bits per heavy atom.